The molecule has 0 aliphatic heterocycles. The van der Waals surface area contributed by atoms with Crippen molar-refractivity contribution in [1.82, 2.24) is 0 Å². The lowest BCUT2D eigenvalue weighted by molar-refractivity contribution is -0.310. The van der Waals surface area contributed by atoms with Crippen molar-refractivity contribution in [3.05, 3.63) is 35.4 Å². The maximum atomic E-state index is 11.3. The van der Waals surface area contributed by atoms with Crippen molar-refractivity contribution in [3.63, 3.8) is 0 Å². The van der Waals surface area contributed by atoms with Gasteiger partial charge < -0.3 is 9.90 Å². The van der Waals surface area contributed by atoms with Gasteiger partial charge >= 0.3 is 0 Å². The summed E-state index contributed by atoms with van der Waals surface area (Å²) in [6.45, 7) is 2.13. The Morgan fingerprint density at radius 1 is 1.14 bits per heavy atom. The minimum absolute atomic E-state index is 0.0216. The molecule has 0 radical (unpaired) electrons. The molecule has 1 aromatic rings. The van der Waals surface area contributed by atoms with Crippen LogP contribution in [0.2, 0.25) is 0 Å². The van der Waals surface area contributed by atoms with Crippen LogP contribution < -0.4 is 5.11 Å². The van der Waals surface area contributed by atoms with Gasteiger partial charge in [-0.15, -0.1) is 0 Å². The van der Waals surface area contributed by atoms with E-state index in [9.17, 15) is 9.90 Å². The number of carbonyl (C=O) groups is 1. The minimum atomic E-state index is -0.851. The molecule has 0 N–H and O–H groups in total. The van der Waals surface area contributed by atoms with Crippen LogP contribution in [0.3, 0.4) is 0 Å². The van der Waals surface area contributed by atoms with Gasteiger partial charge in [0.05, 0.1) is 0 Å². The second kappa shape index (κ2) is 4.34. The Kier molecular flexibility index (Phi) is 2.76. The quantitative estimate of drug-likeness (QED) is 0.855. The van der Waals surface area contributed by atoms with Crippen LogP contribution in [0.1, 0.15) is 56.1 Å². The number of hydrogen-bond donors (Lipinski definition) is 0. The summed E-state index contributed by atoms with van der Waals surface area (Å²) in [5, 5.41) is 11.3. The number of carbonyl (C=O) groups excluding carboxylic acids is 1. The first-order valence-electron chi connectivity index (χ1n) is 8.26. The third-order valence-electron chi connectivity index (χ3n) is 6.37. The van der Waals surface area contributed by atoms with Gasteiger partial charge in [-0.3, -0.25) is 0 Å². The highest BCUT2D eigenvalue weighted by Gasteiger charge is 2.57. The van der Waals surface area contributed by atoms with E-state index in [2.05, 4.69) is 31.2 Å². The fraction of sp³-hybridized carbons (Fsp3) is 0.632. The smallest absolute Gasteiger partial charge is 0.0419 e. The second-order valence-corrected chi connectivity index (χ2v) is 8.16. The third-order valence-corrected chi connectivity index (χ3v) is 6.37. The Balaban J connectivity index is 1.73. The Bertz CT molecular complexity index is 558. The zero-order chi connectivity index (χ0) is 14.7. The van der Waals surface area contributed by atoms with Crippen molar-refractivity contribution in [2.75, 3.05) is 0 Å². The molecule has 4 aliphatic rings. The highest BCUT2D eigenvalue weighted by molar-refractivity contribution is 5.65. The summed E-state index contributed by atoms with van der Waals surface area (Å²) < 4.78 is 0. The topological polar surface area (TPSA) is 40.1 Å². The molecule has 2 heteroatoms. The zero-order valence-corrected chi connectivity index (χ0v) is 12.7. The minimum Gasteiger partial charge on any atom is -0.550 e. The van der Waals surface area contributed by atoms with Gasteiger partial charge in [-0.25, -0.2) is 0 Å². The van der Waals surface area contributed by atoms with Crippen LogP contribution in [0, 0.1) is 24.2 Å². The average molecular weight is 283 g/mol. The van der Waals surface area contributed by atoms with Crippen LogP contribution in [0.4, 0.5) is 0 Å². The van der Waals surface area contributed by atoms with E-state index >= 15 is 0 Å². The molecule has 4 bridgehead atoms. The van der Waals surface area contributed by atoms with E-state index in [-0.39, 0.29) is 17.3 Å². The molecule has 0 spiro atoms. The molecule has 2 unspecified atom stereocenters. The molecule has 0 amide bonds. The molecular formula is C19H23O2-. The molecule has 4 fully saturated rings. The number of aryl methyl sites for hydroxylation is 1. The van der Waals surface area contributed by atoms with Crippen LogP contribution >= 0.6 is 0 Å². The maximum Gasteiger partial charge on any atom is 0.0419 e. The molecule has 21 heavy (non-hydrogen) atoms. The number of carboxylic acid groups (broad SMARTS) is 1. The third kappa shape index (κ3) is 2.11. The molecule has 4 aliphatic carbocycles. The number of hydrogen-bond acceptors (Lipinski definition) is 2. The fourth-order valence-corrected chi connectivity index (χ4v) is 6.21. The lowest BCUT2D eigenvalue weighted by Crippen LogP contribution is -2.55. The number of aliphatic carboxylic acids is 1. The Morgan fingerprint density at radius 3 is 2.33 bits per heavy atom. The van der Waals surface area contributed by atoms with E-state index in [1.807, 2.05) is 0 Å². The maximum absolute atomic E-state index is 11.3. The van der Waals surface area contributed by atoms with Gasteiger partial charge in [0.25, 0.3) is 0 Å². The highest BCUT2D eigenvalue weighted by atomic mass is 16.4. The molecule has 112 valence electrons. The molecule has 4 saturated carbocycles. The predicted molar refractivity (Wildman–Crippen MR) is 79.6 cm³/mol. The van der Waals surface area contributed by atoms with Crippen molar-refractivity contribution < 1.29 is 9.90 Å². The number of carboxylic acids is 1. The number of rotatable bonds is 3. The Hall–Kier alpha value is -1.31. The predicted octanol–water partition coefficient (Wildman–Crippen LogP) is 2.97. The average Bonchev–Trinajstić information content (AvgIpc) is 2.35. The molecule has 1 aromatic carbocycles. The molecular weight excluding hydrogens is 260 g/mol. The highest BCUT2D eigenvalue weighted by Crippen LogP contribution is 2.66. The summed E-state index contributed by atoms with van der Waals surface area (Å²) in [4.78, 5) is 11.3. The van der Waals surface area contributed by atoms with Gasteiger partial charge in [0.1, 0.15) is 0 Å². The standard InChI is InChI=1S/C19H24O2/c1-13-2-4-16(5-3-13)19-9-14-6-15(10-19)8-18(7-14,12-19)11-17(20)21/h2-5,14-15H,6-12H2,1H3,(H,20,21)/p-1/t14-,15+,18?,19?. The van der Waals surface area contributed by atoms with Gasteiger partial charge in [-0.1, -0.05) is 29.8 Å². The normalized spacial score (nSPS) is 40.4. The van der Waals surface area contributed by atoms with Crippen LogP contribution in [-0.4, -0.2) is 5.97 Å². The van der Waals surface area contributed by atoms with Gasteiger partial charge in [0.15, 0.2) is 0 Å². The Labute approximate surface area is 126 Å². The number of benzene rings is 1. The molecule has 5 rings (SSSR count). The van der Waals surface area contributed by atoms with Crippen molar-refractivity contribution in [3.8, 4) is 0 Å². The molecule has 2 nitrogen and oxygen atoms in total. The zero-order valence-electron chi connectivity index (χ0n) is 12.7. The SMILES string of the molecule is Cc1ccc(C23C[C@@H]4C[C@@H](CC(CC(=O)[O-])(C4)C2)C3)cc1. The van der Waals surface area contributed by atoms with E-state index in [4.69, 9.17) is 0 Å². The lowest BCUT2D eigenvalue weighted by atomic mass is 9.42. The van der Waals surface area contributed by atoms with Crippen LogP contribution in [0.15, 0.2) is 24.3 Å². The molecule has 0 aromatic heterocycles. The van der Waals surface area contributed by atoms with Crippen LogP contribution in [0.25, 0.3) is 0 Å². The molecule has 4 atom stereocenters. The van der Waals surface area contributed by atoms with Crippen LogP contribution in [-0.2, 0) is 10.2 Å². The summed E-state index contributed by atoms with van der Waals surface area (Å²) in [5.74, 6) is 0.606. The summed E-state index contributed by atoms with van der Waals surface area (Å²) in [6.07, 6.45) is 7.42. The first-order chi connectivity index (χ1) is 9.99. The van der Waals surface area contributed by atoms with E-state index in [0.29, 0.717) is 0 Å². The largest absolute Gasteiger partial charge is 0.550 e. The monoisotopic (exact) mass is 283 g/mol. The van der Waals surface area contributed by atoms with Gasteiger partial charge in [-0.05, 0) is 80.1 Å². The van der Waals surface area contributed by atoms with Gasteiger partial charge in [0, 0.05) is 5.97 Å². The van der Waals surface area contributed by atoms with Crippen molar-refractivity contribution in [1.29, 1.82) is 0 Å². The first-order valence-corrected chi connectivity index (χ1v) is 8.26. The summed E-state index contributed by atoms with van der Waals surface area (Å²) in [7, 11) is 0. The van der Waals surface area contributed by atoms with Gasteiger partial charge in [0.2, 0.25) is 0 Å². The summed E-state index contributed by atoms with van der Waals surface area (Å²) in [6, 6.07) is 8.99. The van der Waals surface area contributed by atoms with Crippen molar-refractivity contribution in [2.24, 2.45) is 17.3 Å². The summed E-state index contributed by atoms with van der Waals surface area (Å²) >= 11 is 0. The lowest BCUT2D eigenvalue weighted by Gasteiger charge is -2.62. The molecule has 0 heterocycles. The van der Waals surface area contributed by atoms with E-state index < -0.39 is 5.97 Å². The second-order valence-electron chi connectivity index (χ2n) is 8.16. The van der Waals surface area contributed by atoms with E-state index in [1.54, 1.807) is 0 Å². The van der Waals surface area contributed by atoms with Crippen molar-refractivity contribution >= 4 is 5.97 Å². The van der Waals surface area contributed by atoms with E-state index in [1.165, 1.54) is 30.4 Å². The molecule has 0 saturated heterocycles. The van der Waals surface area contributed by atoms with E-state index in [0.717, 1.165) is 31.1 Å². The Morgan fingerprint density at radius 2 is 1.76 bits per heavy atom. The first kappa shape index (κ1) is 13.4. The summed E-state index contributed by atoms with van der Waals surface area (Å²) in [5.41, 5.74) is 3.01. The van der Waals surface area contributed by atoms with Gasteiger partial charge in [-0.2, -0.15) is 0 Å². The van der Waals surface area contributed by atoms with Crippen molar-refractivity contribution in [2.45, 2.75) is 57.3 Å². The fourth-order valence-electron chi connectivity index (χ4n) is 6.21. The van der Waals surface area contributed by atoms with Crippen LogP contribution in [0.5, 0.6) is 0 Å².